The number of aliphatic hydroxyl groups is 1. The van der Waals surface area contributed by atoms with E-state index in [0.717, 1.165) is 32.2 Å². The quantitative estimate of drug-likeness (QED) is 0.603. The van der Waals surface area contributed by atoms with Crippen LogP contribution in [0, 0.1) is 5.92 Å². The lowest BCUT2D eigenvalue weighted by Crippen LogP contribution is -2.45. The van der Waals surface area contributed by atoms with Gasteiger partial charge < -0.3 is 20.5 Å². The molecular weight excluding hydrogens is 280 g/mol. The number of alkyl carbamates (subject to hydrolysis) is 1. The van der Waals surface area contributed by atoms with Crippen molar-refractivity contribution in [2.24, 2.45) is 5.92 Å². The molecule has 1 aliphatic rings. The summed E-state index contributed by atoms with van der Waals surface area (Å²) in [5, 5.41) is 15.3. The molecule has 3 N–H and O–H groups in total. The van der Waals surface area contributed by atoms with E-state index in [0.29, 0.717) is 18.5 Å². The van der Waals surface area contributed by atoms with Gasteiger partial charge in [-0.3, -0.25) is 0 Å². The van der Waals surface area contributed by atoms with Gasteiger partial charge in [0.2, 0.25) is 0 Å². The number of aliphatic hydroxyl groups excluding tert-OH is 1. The Labute approximate surface area is 135 Å². The van der Waals surface area contributed by atoms with Crippen molar-refractivity contribution in [3.8, 4) is 0 Å². The maximum absolute atomic E-state index is 11.8. The van der Waals surface area contributed by atoms with E-state index >= 15 is 0 Å². The van der Waals surface area contributed by atoms with E-state index in [2.05, 4.69) is 10.6 Å². The normalized spacial score (nSPS) is 22.4. The van der Waals surface area contributed by atoms with Crippen LogP contribution in [0.5, 0.6) is 0 Å². The van der Waals surface area contributed by atoms with Crippen molar-refractivity contribution in [2.45, 2.75) is 77.4 Å². The van der Waals surface area contributed by atoms with Crippen molar-refractivity contribution in [3.63, 3.8) is 0 Å². The number of hydrogen-bond acceptors (Lipinski definition) is 4. The molecule has 1 saturated carbocycles. The molecule has 2 atom stereocenters. The van der Waals surface area contributed by atoms with Gasteiger partial charge in [-0.2, -0.15) is 0 Å². The molecule has 1 aliphatic carbocycles. The lowest BCUT2D eigenvalue weighted by Gasteiger charge is -2.32. The van der Waals surface area contributed by atoms with Gasteiger partial charge in [-0.15, -0.1) is 0 Å². The third-order valence-corrected chi connectivity index (χ3v) is 4.06. The first-order chi connectivity index (χ1) is 10.4. The van der Waals surface area contributed by atoms with Crippen LogP contribution in [0.3, 0.4) is 0 Å². The van der Waals surface area contributed by atoms with E-state index < -0.39 is 5.60 Å². The van der Waals surface area contributed by atoms with E-state index in [1.165, 1.54) is 19.3 Å². The Bertz CT molecular complexity index is 316. The fourth-order valence-corrected chi connectivity index (χ4v) is 2.95. The Morgan fingerprint density at radius 3 is 2.59 bits per heavy atom. The summed E-state index contributed by atoms with van der Waals surface area (Å²) in [6, 6.07) is 0.484. The highest BCUT2D eigenvalue weighted by atomic mass is 16.6. The zero-order valence-corrected chi connectivity index (χ0v) is 14.5. The number of unbranched alkanes of at least 4 members (excludes halogenated alkanes) is 2. The van der Waals surface area contributed by atoms with Crippen LogP contribution < -0.4 is 10.6 Å². The van der Waals surface area contributed by atoms with Crippen LogP contribution >= 0.6 is 0 Å². The molecule has 130 valence electrons. The van der Waals surface area contributed by atoms with Crippen LogP contribution in [0.15, 0.2) is 0 Å². The zero-order valence-electron chi connectivity index (χ0n) is 14.5. The highest BCUT2D eigenvalue weighted by Crippen LogP contribution is 2.24. The van der Waals surface area contributed by atoms with Gasteiger partial charge in [0, 0.05) is 19.2 Å². The molecule has 5 heteroatoms. The molecule has 0 bridgehead atoms. The van der Waals surface area contributed by atoms with Gasteiger partial charge in [0.15, 0.2) is 0 Å². The number of hydrogen-bond donors (Lipinski definition) is 3. The fraction of sp³-hybridized carbons (Fsp3) is 0.941. The number of ether oxygens (including phenoxy) is 1. The van der Waals surface area contributed by atoms with E-state index in [4.69, 9.17) is 9.84 Å². The predicted molar refractivity (Wildman–Crippen MR) is 88.9 cm³/mol. The molecule has 0 aromatic carbocycles. The molecule has 0 saturated heterocycles. The lowest BCUT2D eigenvalue weighted by molar-refractivity contribution is 0.0510. The number of nitrogens with one attached hydrogen (secondary N) is 2. The molecule has 2 unspecified atom stereocenters. The van der Waals surface area contributed by atoms with Crippen molar-refractivity contribution in [1.29, 1.82) is 0 Å². The summed E-state index contributed by atoms with van der Waals surface area (Å²) in [6.45, 7) is 7.60. The third kappa shape index (κ3) is 8.59. The van der Waals surface area contributed by atoms with Gasteiger partial charge >= 0.3 is 6.09 Å². The first-order valence-corrected chi connectivity index (χ1v) is 8.73. The zero-order chi connectivity index (χ0) is 16.4. The number of rotatable bonds is 8. The predicted octanol–water partition coefficient (Wildman–Crippen LogP) is 2.82. The molecular formula is C17H34N2O3. The van der Waals surface area contributed by atoms with Crippen molar-refractivity contribution in [2.75, 3.05) is 19.7 Å². The minimum Gasteiger partial charge on any atom is -0.444 e. The summed E-state index contributed by atoms with van der Waals surface area (Å²) in [7, 11) is 0. The van der Waals surface area contributed by atoms with Gasteiger partial charge in [0.1, 0.15) is 5.60 Å². The summed E-state index contributed by atoms with van der Waals surface area (Å²) in [6.07, 6.45) is 7.57. The summed E-state index contributed by atoms with van der Waals surface area (Å²) in [5.41, 5.74) is -0.443. The van der Waals surface area contributed by atoms with Crippen LogP contribution in [0.4, 0.5) is 4.79 Å². The maximum atomic E-state index is 11.8. The second kappa shape index (κ2) is 10.1. The van der Waals surface area contributed by atoms with E-state index in [-0.39, 0.29) is 12.7 Å². The topological polar surface area (TPSA) is 70.6 Å². The summed E-state index contributed by atoms with van der Waals surface area (Å²) >= 11 is 0. The molecule has 1 rings (SSSR count). The third-order valence-electron chi connectivity index (χ3n) is 4.06. The highest BCUT2D eigenvalue weighted by Gasteiger charge is 2.25. The molecule has 0 radical (unpaired) electrons. The van der Waals surface area contributed by atoms with E-state index in [1.54, 1.807) is 0 Å². The number of amides is 1. The Kier molecular flexibility index (Phi) is 8.79. The van der Waals surface area contributed by atoms with Crippen LogP contribution in [0.1, 0.15) is 65.7 Å². The molecule has 0 heterocycles. The Balaban J connectivity index is 2.27. The maximum Gasteiger partial charge on any atom is 0.407 e. The first-order valence-electron chi connectivity index (χ1n) is 8.73. The molecule has 5 nitrogen and oxygen atoms in total. The monoisotopic (exact) mass is 314 g/mol. The fourth-order valence-electron chi connectivity index (χ4n) is 2.95. The average molecular weight is 314 g/mol. The standard InChI is InChI=1S/C17H34N2O3/c1-17(2,3)22-16(21)19-13-14-9-5-6-10-15(14)18-11-7-4-8-12-20/h14-15,18,20H,4-13H2,1-3H3,(H,19,21). The van der Waals surface area contributed by atoms with Crippen molar-refractivity contribution in [3.05, 3.63) is 0 Å². The molecule has 0 spiro atoms. The first kappa shape index (κ1) is 19.2. The summed E-state index contributed by atoms with van der Waals surface area (Å²) < 4.78 is 5.30. The summed E-state index contributed by atoms with van der Waals surface area (Å²) in [5.74, 6) is 0.485. The average Bonchev–Trinajstić information content (AvgIpc) is 2.44. The van der Waals surface area contributed by atoms with Gasteiger partial charge in [-0.05, 0) is 65.3 Å². The van der Waals surface area contributed by atoms with Crippen molar-refractivity contribution in [1.82, 2.24) is 10.6 Å². The molecule has 0 aromatic rings. The SMILES string of the molecule is CC(C)(C)OC(=O)NCC1CCCCC1NCCCCCO. The van der Waals surface area contributed by atoms with Crippen LogP contribution in [0.25, 0.3) is 0 Å². The van der Waals surface area contributed by atoms with E-state index in [1.807, 2.05) is 20.8 Å². The van der Waals surface area contributed by atoms with Gasteiger partial charge in [0.05, 0.1) is 0 Å². The van der Waals surface area contributed by atoms with Gasteiger partial charge in [-0.25, -0.2) is 4.79 Å². The molecule has 0 aliphatic heterocycles. The number of carbonyl (C=O) groups is 1. The second-order valence-electron chi connectivity index (χ2n) is 7.27. The van der Waals surface area contributed by atoms with Crippen LogP contribution in [-0.2, 0) is 4.74 Å². The van der Waals surface area contributed by atoms with Crippen LogP contribution in [-0.4, -0.2) is 42.5 Å². The Hall–Kier alpha value is -0.810. The van der Waals surface area contributed by atoms with E-state index in [9.17, 15) is 4.79 Å². The largest absolute Gasteiger partial charge is 0.444 e. The molecule has 0 aromatic heterocycles. The molecule has 22 heavy (non-hydrogen) atoms. The van der Waals surface area contributed by atoms with Crippen molar-refractivity contribution < 1.29 is 14.6 Å². The lowest BCUT2D eigenvalue weighted by atomic mass is 9.84. The number of carbonyl (C=O) groups excluding carboxylic acids is 1. The van der Waals surface area contributed by atoms with Gasteiger partial charge in [-0.1, -0.05) is 12.8 Å². The molecule has 1 amide bonds. The minimum atomic E-state index is -0.443. The highest BCUT2D eigenvalue weighted by molar-refractivity contribution is 5.67. The Morgan fingerprint density at radius 1 is 1.18 bits per heavy atom. The van der Waals surface area contributed by atoms with Crippen LogP contribution in [0.2, 0.25) is 0 Å². The summed E-state index contributed by atoms with van der Waals surface area (Å²) in [4.78, 5) is 11.8. The smallest absolute Gasteiger partial charge is 0.407 e. The molecule has 1 fully saturated rings. The van der Waals surface area contributed by atoms with Gasteiger partial charge in [0.25, 0.3) is 0 Å². The van der Waals surface area contributed by atoms with Crippen molar-refractivity contribution >= 4 is 6.09 Å². The second-order valence-corrected chi connectivity index (χ2v) is 7.27. The minimum absolute atomic E-state index is 0.284. The Morgan fingerprint density at radius 2 is 1.91 bits per heavy atom.